The normalized spacial score (nSPS) is 14.2. The Balaban J connectivity index is 3.00. The maximum Gasteiger partial charge on any atom is 0.125 e. The minimum atomic E-state index is -1.12. The largest absolute Gasteiger partial charge is 0.497 e. The van der Waals surface area contributed by atoms with Crippen molar-refractivity contribution in [3.63, 3.8) is 0 Å². The number of rotatable bonds is 6. The molecule has 5 nitrogen and oxygen atoms in total. The van der Waals surface area contributed by atoms with Gasteiger partial charge in [0.25, 0.3) is 0 Å². The van der Waals surface area contributed by atoms with Gasteiger partial charge in [-0.25, -0.2) is 0 Å². The van der Waals surface area contributed by atoms with Gasteiger partial charge in [-0.3, -0.25) is 0 Å². The molecular weight excluding hydrogens is 224 g/mol. The molecule has 3 N–H and O–H groups in total. The summed E-state index contributed by atoms with van der Waals surface area (Å²) in [6.45, 7) is -0.190. The second-order valence-corrected chi connectivity index (χ2v) is 3.63. The van der Waals surface area contributed by atoms with E-state index in [9.17, 15) is 10.2 Å². The Morgan fingerprint density at radius 1 is 1.18 bits per heavy atom. The zero-order valence-corrected chi connectivity index (χ0v) is 9.96. The van der Waals surface area contributed by atoms with Gasteiger partial charge in [-0.2, -0.15) is 0 Å². The Hall–Kier alpha value is -1.30. The second kappa shape index (κ2) is 6.44. The van der Waals surface area contributed by atoms with E-state index in [4.69, 9.17) is 14.6 Å². The molecule has 1 rings (SSSR count). The molecule has 0 spiro atoms. The van der Waals surface area contributed by atoms with Crippen molar-refractivity contribution in [3.05, 3.63) is 23.8 Å². The first kappa shape index (κ1) is 13.8. The molecule has 0 heterocycles. The van der Waals surface area contributed by atoms with Crippen LogP contribution in [0.5, 0.6) is 11.5 Å². The molecule has 0 saturated heterocycles. The summed E-state index contributed by atoms with van der Waals surface area (Å²) in [5.74, 6) is 1.03. The number of aliphatic hydroxyl groups excluding tert-OH is 3. The highest BCUT2D eigenvalue weighted by atomic mass is 16.5. The molecule has 0 bridgehead atoms. The molecule has 17 heavy (non-hydrogen) atoms. The fourth-order valence-corrected chi connectivity index (χ4v) is 1.57. The SMILES string of the molecule is COc1ccc(OC)c(C(O)C(O)CCO)c1. The lowest BCUT2D eigenvalue weighted by Crippen LogP contribution is -2.20. The summed E-state index contributed by atoms with van der Waals surface area (Å²) in [6, 6.07) is 4.96. The minimum Gasteiger partial charge on any atom is -0.497 e. The minimum absolute atomic E-state index is 0.0987. The van der Waals surface area contributed by atoms with Gasteiger partial charge in [-0.1, -0.05) is 0 Å². The van der Waals surface area contributed by atoms with Crippen LogP contribution in [-0.4, -0.2) is 42.3 Å². The highest BCUT2D eigenvalue weighted by Crippen LogP contribution is 2.31. The van der Waals surface area contributed by atoms with Gasteiger partial charge in [-0.05, 0) is 24.6 Å². The topological polar surface area (TPSA) is 79.2 Å². The number of hydrogen-bond acceptors (Lipinski definition) is 5. The lowest BCUT2D eigenvalue weighted by atomic mass is 10.0. The summed E-state index contributed by atoms with van der Waals surface area (Å²) in [5.41, 5.74) is 0.438. The van der Waals surface area contributed by atoms with E-state index in [0.29, 0.717) is 17.1 Å². The molecule has 0 aliphatic heterocycles. The molecule has 0 aliphatic rings. The lowest BCUT2D eigenvalue weighted by Gasteiger charge is -2.20. The highest BCUT2D eigenvalue weighted by Gasteiger charge is 2.22. The zero-order chi connectivity index (χ0) is 12.8. The number of methoxy groups -OCH3 is 2. The summed E-state index contributed by atoms with van der Waals surface area (Å²) in [4.78, 5) is 0. The third-order valence-corrected chi connectivity index (χ3v) is 2.54. The van der Waals surface area contributed by atoms with E-state index in [1.165, 1.54) is 14.2 Å². The van der Waals surface area contributed by atoms with Crippen molar-refractivity contribution in [2.45, 2.75) is 18.6 Å². The fraction of sp³-hybridized carbons (Fsp3) is 0.500. The molecule has 1 aromatic carbocycles. The van der Waals surface area contributed by atoms with Crippen LogP contribution in [0.2, 0.25) is 0 Å². The Kier molecular flexibility index (Phi) is 5.21. The van der Waals surface area contributed by atoms with Gasteiger partial charge in [0, 0.05) is 12.2 Å². The molecule has 96 valence electrons. The van der Waals surface area contributed by atoms with Crippen molar-refractivity contribution in [2.24, 2.45) is 0 Å². The van der Waals surface area contributed by atoms with Crippen LogP contribution in [-0.2, 0) is 0 Å². The Bertz CT molecular complexity index is 353. The summed E-state index contributed by atoms with van der Waals surface area (Å²) in [5, 5.41) is 28.3. The maximum atomic E-state index is 9.96. The van der Waals surface area contributed by atoms with Crippen LogP contribution in [0.1, 0.15) is 18.1 Å². The van der Waals surface area contributed by atoms with Crippen LogP contribution in [0.25, 0.3) is 0 Å². The smallest absolute Gasteiger partial charge is 0.125 e. The van der Waals surface area contributed by atoms with E-state index < -0.39 is 12.2 Å². The maximum absolute atomic E-state index is 9.96. The molecule has 5 heteroatoms. The molecule has 0 fully saturated rings. The molecule has 0 aliphatic carbocycles. The van der Waals surface area contributed by atoms with Crippen molar-refractivity contribution < 1.29 is 24.8 Å². The van der Waals surface area contributed by atoms with E-state index >= 15 is 0 Å². The Labute approximate surface area is 100 Å². The molecule has 0 radical (unpaired) electrons. The van der Waals surface area contributed by atoms with Crippen molar-refractivity contribution >= 4 is 0 Å². The van der Waals surface area contributed by atoms with Gasteiger partial charge in [0.2, 0.25) is 0 Å². The monoisotopic (exact) mass is 242 g/mol. The molecule has 0 aromatic heterocycles. The zero-order valence-electron chi connectivity index (χ0n) is 9.96. The molecule has 1 aromatic rings. The van der Waals surface area contributed by atoms with E-state index in [1.54, 1.807) is 18.2 Å². The molecule has 0 saturated carbocycles. The van der Waals surface area contributed by atoms with Gasteiger partial charge < -0.3 is 24.8 Å². The second-order valence-electron chi connectivity index (χ2n) is 3.63. The van der Waals surface area contributed by atoms with E-state index in [2.05, 4.69) is 0 Å². The van der Waals surface area contributed by atoms with Gasteiger partial charge in [0.05, 0.1) is 20.3 Å². The number of aliphatic hydroxyl groups is 3. The van der Waals surface area contributed by atoms with Gasteiger partial charge in [0.1, 0.15) is 17.6 Å². The summed E-state index contributed by atoms with van der Waals surface area (Å²) >= 11 is 0. The summed E-state index contributed by atoms with van der Waals surface area (Å²) < 4.78 is 10.2. The van der Waals surface area contributed by atoms with Crippen molar-refractivity contribution in [1.82, 2.24) is 0 Å². The van der Waals surface area contributed by atoms with Crippen LogP contribution < -0.4 is 9.47 Å². The Morgan fingerprint density at radius 2 is 1.88 bits per heavy atom. The average molecular weight is 242 g/mol. The quantitative estimate of drug-likeness (QED) is 0.676. The number of ether oxygens (including phenoxy) is 2. The predicted octanol–water partition coefficient (Wildman–Crippen LogP) is 0.480. The predicted molar refractivity (Wildman–Crippen MR) is 62.2 cm³/mol. The van der Waals surface area contributed by atoms with E-state index in [-0.39, 0.29) is 13.0 Å². The number of hydrogen-bond donors (Lipinski definition) is 3. The van der Waals surface area contributed by atoms with Crippen molar-refractivity contribution in [3.8, 4) is 11.5 Å². The molecule has 2 unspecified atom stereocenters. The molecule has 2 atom stereocenters. The Morgan fingerprint density at radius 3 is 2.41 bits per heavy atom. The van der Waals surface area contributed by atoms with E-state index in [1.807, 2.05) is 0 Å². The van der Waals surface area contributed by atoms with Gasteiger partial charge in [-0.15, -0.1) is 0 Å². The first-order valence-electron chi connectivity index (χ1n) is 5.33. The highest BCUT2D eigenvalue weighted by molar-refractivity contribution is 5.42. The summed E-state index contributed by atoms with van der Waals surface area (Å²) in [7, 11) is 3.00. The first-order chi connectivity index (χ1) is 8.13. The van der Waals surface area contributed by atoms with E-state index in [0.717, 1.165) is 0 Å². The van der Waals surface area contributed by atoms with Crippen LogP contribution in [0, 0.1) is 0 Å². The average Bonchev–Trinajstić information content (AvgIpc) is 2.37. The van der Waals surface area contributed by atoms with Crippen LogP contribution in [0.15, 0.2) is 18.2 Å². The summed E-state index contributed by atoms with van der Waals surface area (Å²) in [6.07, 6.45) is -2.06. The standard InChI is InChI=1S/C12H18O5/c1-16-8-3-4-11(17-2)9(7-8)12(15)10(14)5-6-13/h3-4,7,10,12-15H,5-6H2,1-2H3. The van der Waals surface area contributed by atoms with Gasteiger partial charge >= 0.3 is 0 Å². The van der Waals surface area contributed by atoms with Gasteiger partial charge in [0.15, 0.2) is 0 Å². The molecular formula is C12H18O5. The lowest BCUT2D eigenvalue weighted by molar-refractivity contribution is 0.00295. The van der Waals surface area contributed by atoms with Crippen LogP contribution >= 0.6 is 0 Å². The first-order valence-corrected chi connectivity index (χ1v) is 5.33. The third kappa shape index (κ3) is 3.33. The van der Waals surface area contributed by atoms with Crippen LogP contribution in [0.3, 0.4) is 0 Å². The van der Waals surface area contributed by atoms with Crippen molar-refractivity contribution in [2.75, 3.05) is 20.8 Å². The number of benzene rings is 1. The molecule has 0 amide bonds. The fourth-order valence-electron chi connectivity index (χ4n) is 1.57. The third-order valence-electron chi connectivity index (χ3n) is 2.54. The van der Waals surface area contributed by atoms with Crippen molar-refractivity contribution in [1.29, 1.82) is 0 Å². The van der Waals surface area contributed by atoms with Crippen LogP contribution in [0.4, 0.5) is 0 Å².